The Labute approximate surface area is 246 Å². The van der Waals surface area contributed by atoms with Gasteiger partial charge in [-0.15, -0.1) is 0 Å². The van der Waals surface area contributed by atoms with Crippen LogP contribution in [0.5, 0.6) is 5.75 Å². The van der Waals surface area contributed by atoms with Crippen LogP contribution in [0.3, 0.4) is 0 Å². The van der Waals surface area contributed by atoms with E-state index in [0.717, 1.165) is 48.1 Å². The number of hydrogen-bond acceptors (Lipinski definition) is 3. The van der Waals surface area contributed by atoms with Crippen LogP contribution in [0, 0.1) is 11.8 Å². The molecule has 3 nitrogen and oxygen atoms in total. The van der Waals surface area contributed by atoms with Crippen LogP contribution in [0.1, 0.15) is 89.8 Å². The summed E-state index contributed by atoms with van der Waals surface area (Å²) in [4.78, 5) is 0. The summed E-state index contributed by atoms with van der Waals surface area (Å²) in [5.41, 5.74) is 14.1. The smallest absolute Gasteiger partial charge is 0.156 e. The van der Waals surface area contributed by atoms with Crippen molar-refractivity contribution < 1.29 is 4.74 Å². The number of aryl methyl sites for hydroxylation is 1. The van der Waals surface area contributed by atoms with E-state index < -0.39 is 0 Å². The fourth-order valence-electron chi connectivity index (χ4n) is 4.76. The first-order valence-corrected chi connectivity index (χ1v) is 15.2. The molecule has 0 bridgehead atoms. The molecule has 0 amide bonds. The Hall–Kier alpha value is -2.36. The Morgan fingerprint density at radius 3 is 2.28 bits per heavy atom. The van der Waals surface area contributed by atoms with E-state index in [1.807, 2.05) is 18.2 Å². The molecule has 0 heterocycles. The van der Waals surface area contributed by atoms with E-state index in [4.69, 9.17) is 33.7 Å². The van der Waals surface area contributed by atoms with Gasteiger partial charge < -0.3 is 15.8 Å². The van der Waals surface area contributed by atoms with Crippen LogP contribution in [0.4, 0.5) is 11.4 Å². The van der Waals surface area contributed by atoms with Gasteiger partial charge in [0.2, 0.25) is 0 Å². The summed E-state index contributed by atoms with van der Waals surface area (Å²) >= 11 is 13.1. The lowest BCUT2D eigenvalue weighted by molar-refractivity contribution is 0.301. The van der Waals surface area contributed by atoms with E-state index in [-0.39, 0.29) is 6.04 Å². The topological polar surface area (TPSA) is 47.3 Å². The molecule has 5 heteroatoms. The van der Waals surface area contributed by atoms with Crippen LogP contribution < -0.4 is 15.8 Å². The van der Waals surface area contributed by atoms with Crippen molar-refractivity contribution in [3.8, 4) is 5.75 Å². The van der Waals surface area contributed by atoms with Gasteiger partial charge in [-0.3, -0.25) is 0 Å². The molecule has 2 aromatic rings. The Balaban J connectivity index is 1.94. The Morgan fingerprint density at radius 2 is 1.74 bits per heavy atom. The molecule has 0 spiro atoms. The maximum atomic E-state index is 6.55. The second-order valence-electron chi connectivity index (χ2n) is 11.3. The van der Waals surface area contributed by atoms with Crippen molar-refractivity contribution in [1.29, 1.82) is 0 Å². The zero-order chi connectivity index (χ0) is 28.7. The third-order valence-electron chi connectivity index (χ3n) is 7.86. The number of benzene rings is 2. The lowest BCUT2D eigenvalue weighted by Crippen LogP contribution is -2.22. The summed E-state index contributed by atoms with van der Waals surface area (Å²) in [6.45, 7) is 17.7. The van der Waals surface area contributed by atoms with Crippen molar-refractivity contribution in [2.24, 2.45) is 11.8 Å². The molecule has 0 aliphatic heterocycles. The fourth-order valence-corrected chi connectivity index (χ4v) is 5.40. The van der Waals surface area contributed by atoms with Crippen LogP contribution in [-0.2, 0) is 13.0 Å². The van der Waals surface area contributed by atoms with Crippen molar-refractivity contribution >= 4 is 34.6 Å². The summed E-state index contributed by atoms with van der Waals surface area (Å²) in [6.07, 6.45) is 12.3. The average Bonchev–Trinajstić information content (AvgIpc) is 2.85. The van der Waals surface area contributed by atoms with Gasteiger partial charge in [-0.2, -0.15) is 0 Å². The number of nitrogen functional groups attached to an aromatic ring is 1. The zero-order valence-corrected chi connectivity index (χ0v) is 26.1. The van der Waals surface area contributed by atoms with Gasteiger partial charge >= 0.3 is 0 Å². The van der Waals surface area contributed by atoms with E-state index in [1.165, 1.54) is 17.6 Å². The number of anilines is 2. The van der Waals surface area contributed by atoms with E-state index in [9.17, 15) is 0 Å². The van der Waals surface area contributed by atoms with Crippen molar-refractivity contribution in [2.75, 3.05) is 11.1 Å². The normalized spacial score (nSPS) is 15.9. The van der Waals surface area contributed by atoms with Crippen molar-refractivity contribution in [2.45, 2.75) is 92.2 Å². The van der Waals surface area contributed by atoms with Crippen molar-refractivity contribution in [3.63, 3.8) is 0 Å². The highest BCUT2D eigenvalue weighted by Crippen LogP contribution is 2.44. The predicted octanol–water partition coefficient (Wildman–Crippen LogP) is 10.5. The van der Waals surface area contributed by atoms with Gasteiger partial charge in [0.05, 0.1) is 10.0 Å². The Morgan fingerprint density at radius 1 is 1.08 bits per heavy atom. The highest BCUT2D eigenvalue weighted by molar-refractivity contribution is 6.37. The number of rotatable bonds is 13. The molecule has 39 heavy (non-hydrogen) atoms. The lowest BCUT2D eigenvalue weighted by Gasteiger charge is -2.32. The molecule has 3 rings (SSSR count). The average molecular weight is 570 g/mol. The molecule has 2 aromatic carbocycles. The quantitative estimate of drug-likeness (QED) is 0.186. The third-order valence-corrected chi connectivity index (χ3v) is 8.43. The fraction of sp³-hybridized carbons (Fsp3) is 0.471. The summed E-state index contributed by atoms with van der Waals surface area (Å²) in [7, 11) is 0. The van der Waals surface area contributed by atoms with Gasteiger partial charge in [0, 0.05) is 17.4 Å². The van der Waals surface area contributed by atoms with Crippen LogP contribution in [0.25, 0.3) is 0 Å². The molecule has 1 saturated carbocycles. The molecule has 0 radical (unpaired) electrons. The van der Waals surface area contributed by atoms with E-state index >= 15 is 0 Å². The summed E-state index contributed by atoms with van der Waals surface area (Å²) in [6, 6.07) is 8.05. The minimum absolute atomic E-state index is 0.0927. The molecule has 3 N–H and O–H groups in total. The zero-order valence-electron chi connectivity index (χ0n) is 24.5. The molecule has 2 atom stereocenters. The Bertz CT molecular complexity index is 1190. The maximum absolute atomic E-state index is 6.55. The molecular formula is C34H46Cl2N2O. The Kier molecular flexibility index (Phi) is 11.4. The van der Waals surface area contributed by atoms with Crippen LogP contribution in [0.15, 0.2) is 60.2 Å². The lowest BCUT2D eigenvalue weighted by atomic mass is 9.77. The summed E-state index contributed by atoms with van der Waals surface area (Å²) < 4.78 is 6.25. The number of allylic oxidation sites excluding steroid dienone is 3. The third kappa shape index (κ3) is 8.32. The molecule has 1 aliphatic carbocycles. The highest BCUT2D eigenvalue weighted by atomic mass is 35.5. The monoisotopic (exact) mass is 568 g/mol. The first-order chi connectivity index (χ1) is 18.5. The number of hydrogen-bond donors (Lipinski definition) is 2. The molecular weight excluding hydrogens is 523 g/mol. The standard InChI is InChI=1S/C34H46Cl2N2O/c1-8-22(5)15-27(14-13-23(6)21(3)4)24(7)38-32-19-29(37)18-28(33(32)26-11-10-12-26)20-39-34-30(35)16-25(9-2)17-31(34)36/h13-19,21-22,24,26,38H,6,8-12,20,37H2,1-5,7H3/b14-13-,27-15+. The number of nitrogens with one attached hydrogen (secondary N) is 1. The number of nitrogens with two attached hydrogens (primary N) is 1. The largest absolute Gasteiger partial charge is 0.486 e. The van der Waals surface area contributed by atoms with E-state index in [1.54, 1.807) is 0 Å². The molecule has 1 fully saturated rings. The van der Waals surface area contributed by atoms with Crippen LogP contribution in [0.2, 0.25) is 10.0 Å². The summed E-state index contributed by atoms with van der Waals surface area (Å²) in [5.74, 6) is 1.89. The summed E-state index contributed by atoms with van der Waals surface area (Å²) in [5, 5.41) is 4.90. The SMILES string of the molecule is C=C(/C=C\C(=C/C(C)CC)C(C)Nc1cc(N)cc(COc2c(Cl)cc(CC)cc2Cl)c1C1CCC1)C(C)C. The first kappa shape index (κ1) is 31.2. The number of ether oxygens (including phenoxy) is 1. The van der Waals surface area contributed by atoms with Crippen LogP contribution >= 0.6 is 23.2 Å². The van der Waals surface area contributed by atoms with Gasteiger partial charge in [-0.1, -0.05) is 101 Å². The molecule has 0 saturated heterocycles. The predicted molar refractivity (Wildman–Crippen MR) is 171 cm³/mol. The molecule has 2 unspecified atom stereocenters. The van der Waals surface area contributed by atoms with Crippen molar-refractivity contribution in [3.05, 3.63) is 87.0 Å². The highest BCUT2D eigenvalue weighted by Gasteiger charge is 2.27. The van der Waals surface area contributed by atoms with Crippen molar-refractivity contribution in [1.82, 2.24) is 0 Å². The van der Waals surface area contributed by atoms with E-state index in [0.29, 0.717) is 45.8 Å². The van der Waals surface area contributed by atoms with Gasteiger partial charge in [0.25, 0.3) is 0 Å². The number of halogens is 2. The molecule has 0 aromatic heterocycles. The van der Waals surface area contributed by atoms with Gasteiger partial charge in [-0.25, -0.2) is 0 Å². The van der Waals surface area contributed by atoms with Gasteiger partial charge in [0.15, 0.2) is 5.75 Å². The molecule has 212 valence electrons. The maximum Gasteiger partial charge on any atom is 0.156 e. The molecule has 1 aliphatic rings. The van der Waals surface area contributed by atoms with Gasteiger partial charge in [-0.05, 0) is 90.5 Å². The van der Waals surface area contributed by atoms with Gasteiger partial charge in [0.1, 0.15) is 6.61 Å². The minimum atomic E-state index is 0.0927. The second kappa shape index (κ2) is 14.3. The first-order valence-electron chi connectivity index (χ1n) is 14.4. The van der Waals surface area contributed by atoms with E-state index in [2.05, 4.69) is 77.7 Å². The van der Waals surface area contributed by atoms with Crippen LogP contribution in [-0.4, -0.2) is 6.04 Å². The second-order valence-corrected chi connectivity index (χ2v) is 12.1. The minimum Gasteiger partial charge on any atom is -0.486 e.